The quantitative estimate of drug-likeness (QED) is 0.619. The summed E-state index contributed by atoms with van der Waals surface area (Å²) in [5.41, 5.74) is -0.494. The van der Waals surface area contributed by atoms with E-state index < -0.39 is 5.72 Å². The first-order valence-corrected chi connectivity index (χ1v) is 10.2. The van der Waals surface area contributed by atoms with Crippen LogP contribution in [0.15, 0.2) is 0 Å². The lowest BCUT2D eigenvalue weighted by atomic mass is 9.43. The van der Waals surface area contributed by atoms with Gasteiger partial charge in [-0.25, -0.2) is 4.90 Å². The van der Waals surface area contributed by atoms with Gasteiger partial charge in [0.2, 0.25) is 0 Å². The minimum atomic E-state index is -0.490. The zero-order valence-corrected chi connectivity index (χ0v) is 16.5. The Morgan fingerprint density at radius 3 is 2.64 bits per heavy atom. The van der Waals surface area contributed by atoms with Crippen LogP contribution in [0.2, 0.25) is 0 Å². The molecule has 4 unspecified atom stereocenters. The van der Waals surface area contributed by atoms with Crippen LogP contribution in [0.3, 0.4) is 0 Å². The zero-order chi connectivity index (χ0) is 17.9. The molecule has 4 nitrogen and oxygen atoms in total. The van der Waals surface area contributed by atoms with Crippen molar-refractivity contribution in [3.05, 3.63) is 0 Å². The first-order chi connectivity index (χ1) is 11.5. The van der Waals surface area contributed by atoms with Gasteiger partial charge in [0.1, 0.15) is 5.72 Å². The van der Waals surface area contributed by atoms with Gasteiger partial charge in [0.05, 0.1) is 12.5 Å². The Labute approximate surface area is 151 Å². The van der Waals surface area contributed by atoms with Crippen molar-refractivity contribution in [2.45, 2.75) is 97.1 Å². The van der Waals surface area contributed by atoms with Crippen LogP contribution in [0.25, 0.3) is 0 Å². The SMILES string of the molecule is CC1C[C@@H]2CN3C45CC(C)(C)CC(C)(CC(=O)O4)C5(C)CC[C@@]3(C1)O2. The molecule has 0 aromatic carbocycles. The van der Waals surface area contributed by atoms with Gasteiger partial charge in [-0.3, -0.25) is 4.79 Å². The molecule has 1 spiro atoms. The maximum absolute atomic E-state index is 12.7. The minimum absolute atomic E-state index is 0.00187. The number of carbonyl (C=O) groups excluding carboxylic acids is 1. The van der Waals surface area contributed by atoms with Gasteiger partial charge in [-0.1, -0.05) is 34.6 Å². The lowest BCUT2D eigenvalue weighted by Gasteiger charge is -2.72. The van der Waals surface area contributed by atoms with Gasteiger partial charge in [-0.15, -0.1) is 0 Å². The van der Waals surface area contributed by atoms with Gasteiger partial charge in [0.25, 0.3) is 0 Å². The monoisotopic (exact) mass is 347 g/mol. The Morgan fingerprint density at radius 2 is 1.88 bits per heavy atom. The van der Waals surface area contributed by atoms with Crippen molar-refractivity contribution in [1.82, 2.24) is 4.90 Å². The van der Waals surface area contributed by atoms with Crippen LogP contribution in [-0.4, -0.2) is 35.0 Å². The second kappa shape index (κ2) is 4.44. The van der Waals surface area contributed by atoms with Crippen LogP contribution in [0.4, 0.5) is 0 Å². The Hall–Kier alpha value is -0.610. The molecule has 140 valence electrons. The van der Waals surface area contributed by atoms with Gasteiger partial charge in [-0.2, -0.15) is 0 Å². The largest absolute Gasteiger partial charge is 0.443 e. The lowest BCUT2D eigenvalue weighted by molar-refractivity contribution is -0.363. The second-order valence-corrected chi connectivity index (χ2v) is 11.2. The molecule has 0 radical (unpaired) electrons. The Morgan fingerprint density at radius 1 is 1.12 bits per heavy atom. The molecule has 0 aromatic rings. The summed E-state index contributed by atoms with van der Waals surface area (Å²) >= 11 is 0. The third kappa shape index (κ3) is 1.83. The number of carbonyl (C=O) groups is 1. The number of ether oxygens (including phenoxy) is 2. The summed E-state index contributed by atoms with van der Waals surface area (Å²) in [7, 11) is 0. The third-order valence-corrected chi connectivity index (χ3v) is 8.65. The van der Waals surface area contributed by atoms with Crippen molar-refractivity contribution >= 4 is 5.97 Å². The maximum Gasteiger partial charge on any atom is 0.308 e. The van der Waals surface area contributed by atoms with E-state index in [-0.39, 0.29) is 27.9 Å². The molecule has 5 aliphatic rings. The highest BCUT2D eigenvalue weighted by atomic mass is 16.6. The van der Waals surface area contributed by atoms with Crippen LogP contribution in [-0.2, 0) is 14.3 Å². The second-order valence-electron chi connectivity index (χ2n) is 11.2. The zero-order valence-electron chi connectivity index (χ0n) is 16.5. The van der Waals surface area contributed by atoms with E-state index in [0.29, 0.717) is 18.4 Å². The highest BCUT2D eigenvalue weighted by molar-refractivity contribution is 5.73. The molecule has 25 heavy (non-hydrogen) atoms. The van der Waals surface area contributed by atoms with E-state index in [1.54, 1.807) is 0 Å². The summed E-state index contributed by atoms with van der Waals surface area (Å²) in [6.45, 7) is 12.8. The van der Waals surface area contributed by atoms with Crippen molar-refractivity contribution in [3.63, 3.8) is 0 Å². The molecule has 4 aliphatic heterocycles. The average molecular weight is 347 g/mol. The van der Waals surface area contributed by atoms with Crippen molar-refractivity contribution in [3.8, 4) is 0 Å². The van der Waals surface area contributed by atoms with E-state index in [1.165, 1.54) is 0 Å². The van der Waals surface area contributed by atoms with E-state index >= 15 is 0 Å². The molecular formula is C21H33NO3. The van der Waals surface area contributed by atoms with Crippen LogP contribution in [0.1, 0.15) is 79.6 Å². The maximum atomic E-state index is 12.7. The fourth-order valence-corrected chi connectivity index (χ4v) is 7.88. The predicted octanol–water partition coefficient (Wildman–Crippen LogP) is 4.08. The summed E-state index contributed by atoms with van der Waals surface area (Å²) in [5, 5.41) is 0. The lowest BCUT2D eigenvalue weighted by Crippen LogP contribution is -2.78. The van der Waals surface area contributed by atoms with E-state index in [9.17, 15) is 4.79 Å². The molecule has 6 atom stereocenters. The molecule has 4 saturated heterocycles. The highest BCUT2D eigenvalue weighted by Gasteiger charge is 2.77. The minimum Gasteiger partial charge on any atom is -0.443 e. The van der Waals surface area contributed by atoms with Gasteiger partial charge < -0.3 is 9.47 Å². The predicted molar refractivity (Wildman–Crippen MR) is 94.6 cm³/mol. The first kappa shape index (κ1) is 16.6. The fourth-order valence-electron chi connectivity index (χ4n) is 7.88. The summed E-state index contributed by atoms with van der Waals surface area (Å²) in [6.07, 6.45) is 7.31. The molecule has 0 aromatic heterocycles. The molecule has 1 aliphatic carbocycles. The number of nitrogens with zero attached hydrogens (tertiary/aromatic N) is 1. The summed E-state index contributed by atoms with van der Waals surface area (Å²) in [5.74, 6) is 0.689. The smallest absolute Gasteiger partial charge is 0.308 e. The molecule has 5 rings (SSSR count). The van der Waals surface area contributed by atoms with Crippen molar-refractivity contribution < 1.29 is 14.3 Å². The molecule has 4 heteroatoms. The number of rotatable bonds is 0. The van der Waals surface area contributed by atoms with Crippen LogP contribution in [0, 0.1) is 22.2 Å². The van der Waals surface area contributed by atoms with Gasteiger partial charge in [0.15, 0.2) is 5.72 Å². The normalized spacial score (nSPS) is 56.8. The van der Waals surface area contributed by atoms with Gasteiger partial charge in [0, 0.05) is 18.4 Å². The number of hydrogen-bond acceptors (Lipinski definition) is 4. The summed E-state index contributed by atoms with van der Waals surface area (Å²) < 4.78 is 13.0. The Kier molecular flexibility index (Phi) is 2.94. The number of hydrogen-bond donors (Lipinski definition) is 0. The van der Waals surface area contributed by atoms with Gasteiger partial charge >= 0.3 is 5.97 Å². The molecule has 5 fully saturated rings. The first-order valence-electron chi connectivity index (χ1n) is 10.2. The van der Waals surface area contributed by atoms with Crippen LogP contribution >= 0.6 is 0 Å². The van der Waals surface area contributed by atoms with E-state index in [1.807, 2.05) is 0 Å². The molecule has 0 N–H and O–H groups in total. The van der Waals surface area contributed by atoms with E-state index in [2.05, 4.69) is 39.5 Å². The van der Waals surface area contributed by atoms with Crippen molar-refractivity contribution in [1.29, 1.82) is 0 Å². The van der Waals surface area contributed by atoms with Crippen molar-refractivity contribution in [2.24, 2.45) is 22.2 Å². The molecule has 0 amide bonds. The Bertz CT molecular complexity index is 647. The molecule has 4 bridgehead atoms. The topological polar surface area (TPSA) is 38.8 Å². The standard InChI is InChI=1S/C21H33NO3/c1-14-8-15-11-22-20(9-14,24-15)7-6-19(5)18(4)10-16(23)25-21(19,22)13-17(2,3)12-18/h14-15H,6-13H2,1-5H3/t14?,15-,18?,19?,20+,21?/m1/s1. The number of esters is 1. The molecule has 1 saturated carbocycles. The van der Waals surface area contributed by atoms with Crippen LogP contribution < -0.4 is 0 Å². The average Bonchev–Trinajstić information content (AvgIpc) is 2.71. The highest BCUT2D eigenvalue weighted by Crippen LogP contribution is 2.72. The number of fused-ring (bicyclic) bond motifs is 1. The molecular weight excluding hydrogens is 314 g/mol. The summed E-state index contributed by atoms with van der Waals surface area (Å²) in [6, 6.07) is 0. The molecule has 4 heterocycles. The van der Waals surface area contributed by atoms with E-state index in [4.69, 9.17) is 9.47 Å². The van der Waals surface area contributed by atoms with Crippen LogP contribution in [0.5, 0.6) is 0 Å². The van der Waals surface area contributed by atoms with Crippen molar-refractivity contribution in [2.75, 3.05) is 6.54 Å². The fraction of sp³-hybridized carbons (Fsp3) is 0.952. The third-order valence-electron chi connectivity index (χ3n) is 8.65. The number of piperidine rings is 1. The Balaban J connectivity index is 1.69. The van der Waals surface area contributed by atoms with E-state index in [0.717, 1.165) is 45.1 Å². The van der Waals surface area contributed by atoms with Gasteiger partial charge in [-0.05, 0) is 48.9 Å². The summed E-state index contributed by atoms with van der Waals surface area (Å²) in [4.78, 5) is 15.3.